The molecule has 6 nitrogen and oxygen atoms in total. The number of ether oxygens (including phenoxy) is 1. The van der Waals surface area contributed by atoms with Gasteiger partial charge in [0.15, 0.2) is 13.1 Å². The standard InChI is InChI=1S/C12H17N3O3/c1-13-11(16)7-14-8-12(17)15-9-3-5-10(18-2)6-4-9/h3-6,14H,7-8H2,1-2H3,(H,13,16)(H,15,17)/p+1. The van der Waals surface area contributed by atoms with Gasteiger partial charge in [0.25, 0.3) is 11.8 Å². The number of methoxy groups -OCH3 is 1. The molecule has 1 aromatic carbocycles. The minimum absolute atomic E-state index is 0.104. The zero-order valence-corrected chi connectivity index (χ0v) is 10.5. The molecule has 0 fully saturated rings. The Morgan fingerprint density at radius 1 is 1.17 bits per heavy atom. The molecule has 4 N–H and O–H groups in total. The molecule has 0 aliphatic carbocycles. The van der Waals surface area contributed by atoms with E-state index in [4.69, 9.17) is 4.74 Å². The van der Waals surface area contributed by atoms with Crippen LogP contribution >= 0.6 is 0 Å². The molecule has 2 amide bonds. The summed E-state index contributed by atoms with van der Waals surface area (Å²) in [6.45, 7) is 0.450. The molecular weight excluding hydrogens is 234 g/mol. The third-order valence-corrected chi connectivity index (χ3v) is 2.31. The van der Waals surface area contributed by atoms with Crippen molar-refractivity contribution in [2.45, 2.75) is 0 Å². The van der Waals surface area contributed by atoms with Crippen molar-refractivity contribution < 1.29 is 19.6 Å². The fourth-order valence-electron chi connectivity index (χ4n) is 1.32. The molecule has 0 unspecified atom stereocenters. The summed E-state index contributed by atoms with van der Waals surface area (Å²) < 4.78 is 5.01. The van der Waals surface area contributed by atoms with Crippen LogP contribution in [0.4, 0.5) is 5.69 Å². The van der Waals surface area contributed by atoms with E-state index in [9.17, 15) is 9.59 Å². The summed E-state index contributed by atoms with van der Waals surface area (Å²) in [5.74, 6) is 0.482. The second kappa shape index (κ2) is 7.29. The molecule has 0 saturated carbocycles. The van der Waals surface area contributed by atoms with Gasteiger partial charge in [-0.25, -0.2) is 0 Å². The van der Waals surface area contributed by atoms with Gasteiger partial charge in [0.2, 0.25) is 0 Å². The van der Waals surface area contributed by atoms with E-state index in [0.717, 1.165) is 5.75 Å². The van der Waals surface area contributed by atoms with Gasteiger partial charge in [-0.15, -0.1) is 0 Å². The maximum absolute atomic E-state index is 11.5. The first-order chi connectivity index (χ1) is 8.65. The van der Waals surface area contributed by atoms with Crippen LogP contribution in [0.25, 0.3) is 0 Å². The van der Waals surface area contributed by atoms with Crippen LogP contribution in [0, 0.1) is 0 Å². The maximum Gasteiger partial charge on any atom is 0.279 e. The fourth-order valence-corrected chi connectivity index (χ4v) is 1.32. The summed E-state index contributed by atoms with van der Waals surface area (Å²) in [7, 11) is 3.15. The predicted molar refractivity (Wildman–Crippen MR) is 67.3 cm³/mol. The van der Waals surface area contributed by atoms with E-state index < -0.39 is 0 Å². The number of quaternary nitrogens is 1. The molecule has 18 heavy (non-hydrogen) atoms. The van der Waals surface area contributed by atoms with Gasteiger partial charge in [-0.05, 0) is 24.3 Å². The highest BCUT2D eigenvalue weighted by Crippen LogP contribution is 2.14. The van der Waals surface area contributed by atoms with Crippen molar-refractivity contribution >= 4 is 17.5 Å². The third kappa shape index (κ3) is 4.84. The number of rotatable bonds is 6. The lowest BCUT2D eigenvalue weighted by molar-refractivity contribution is -0.632. The number of hydrogen-bond acceptors (Lipinski definition) is 3. The van der Waals surface area contributed by atoms with Crippen molar-refractivity contribution in [2.24, 2.45) is 0 Å². The first kappa shape index (κ1) is 14.0. The summed E-state index contributed by atoms with van der Waals surface area (Å²) >= 11 is 0. The maximum atomic E-state index is 11.5. The Bertz CT molecular complexity index is 404. The average molecular weight is 252 g/mol. The van der Waals surface area contributed by atoms with Crippen molar-refractivity contribution in [3.8, 4) is 5.75 Å². The van der Waals surface area contributed by atoms with Crippen molar-refractivity contribution in [3.05, 3.63) is 24.3 Å². The monoisotopic (exact) mass is 252 g/mol. The molecule has 0 aliphatic rings. The first-order valence-electron chi connectivity index (χ1n) is 5.62. The Kier molecular flexibility index (Phi) is 5.66. The van der Waals surface area contributed by atoms with Crippen LogP contribution in [0.3, 0.4) is 0 Å². The van der Waals surface area contributed by atoms with Crippen LogP contribution in [0.15, 0.2) is 24.3 Å². The Balaban J connectivity index is 2.32. The van der Waals surface area contributed by atoms with E-state index in [1.54, 1.807) is 43.7 Å². The Morgan fingerprint density at radius 3 is 2.33 bits per heavy atom. The second-order valence-corrected chi connectivity index (χ2v) is 3.65. The van der Waals surface area contributed by atoms with Crippen LogP contribution in [0.1, 0.15) is 0 Å². The number of hydrogen-bond donors (Lipinski definition) is 3. The van der Waals surface area contributed by atoms with Crippen LogP contribution < -0.4 is 20.7 Å². The third-order valence-electron chi connectivity index (χ3n) is 2.31. The quantitative estimate of drug-likeness (QED) is 0.603. The molecule has 0 saturated heterocycles. The normalized spacial score (nSPS) is 9.67. The fraction of sp³-hybridized carbons (Fsp3) is 0.333. The molecule has 0 radical (unpaired) electrons. The molecule has 0 bridgehead atoms. The highest BCUT2D eigenvalue weighted by molar-refractivity contribution is 5.91. The van der Waals surface area contributed by atoms with E-state index in [2.05, 4.69) is 10.6 Å². The number of amides is 2. The van der Waals surface area contributed by atoms with Gasteiger partial charge < -0.3 is 20.7 Å². The lowest BCUT2D eigenvalue weighted by Gasteiger charge is -2.05. The van der Waals surface area contributed by atoms with Crippen molar-refractivity contribution in [3.63, 3.8) is 0 Å². The topological polar surface area (TPSA) is 84.0 Å². The Hall–Kier alpha value is -2.08. The molecule has 6 heteroatoms. The molecule has 0 atom stereocenters. The number of benzene rings is 1. The van der Waals surface area contributed by atoms with E-state index in [1.807, 2.05) is 0 Å². The van der Waals surface area contributed by atoms with Gasteiger partial charge in [-0.3, -0.25) is 9.59 Å². The lowest BCUT2D eigenvalue weighted by Crippen LogP contribution is -2.88. The van der Waals surface area contributed by atoms with E-state index >= 15 is 0 Å². The summed E-state index contributed by atoms with van der Waals surface area (Å²) in [5.41, 5.74) is 0.703. The minimum atomic E-state index is -0.149. The number of likely N-dealkylation sites (N-methyl/N-ethyl adjacent to an activating group) is 1. The molecule has 0 spiro atoms. The average Bonchev–Trinajstić information content (AvgIpc) is 2.39. The molecular formula is C12H18N3O3+. The molecule has 1 aromatic rings. The second-order valence-electron chi connectivity index (χ2n) is 3.65. The van der Waals surface area contributed by atoms with E-state index in [-0.39, 0.29) is 24.9 Å². The van der Waals surface area contributed by atoms with Crippen LogP contribution in [-0.4, -0.2) is 39.1 Å². The SMILES string of the molecule is CNC(=O)C[NH2+]CC(=O)Nc1ccc(OC)cc1. The predicted octanol–water partition coefficient (Wildman–Crippen LogP) is -1.06. The minimum Gasteiger partial charge on any atom is -0.497 e. The van der Waals surface area contributed by atoms with E-state index in [1.165, 1.54) is 0 Å². The van der Waals surface area contributed by atoms with Gasteiger partial charge in [0.05, 0.1) is 7.11 Å². The van der Waals surface area contributed by atoms with Gasteiger partial charge in [-0.1, -0.05) is 0 Å². The number of nitrogens with two attached hydrogens (primary N) is 1. The van der Waals surface area contributed by atoms with Crippen LogP contribution in [-0.2, 0) is 9.59 Å². The zero-order valence-electron chi connectivity index (χ0n) is 10.5. The van der Waals surface area contributed by atoms with Crippen molar-refractivity contribution in [1.82, 2.24) is 5.32 Å². The largest absolute Gasteiger partial charge is 0.497 e. The Labute approximate surface area is 106 Å². The van der Waals surface area contributed by atoms with E-state index in [0.29, 0.717) is 5.69 Å². The van der Waals surface area contributed by atoms with Gasteiger partial charge in [0.1, 0.15) is 5.75 Å². The highest BCUT2D eigenvalue weighted by atomic mass is 16.5. The molecule has 0 heterocycles. The lowest BCUT2D eigenvalue weighted by atomic mass is 10.3. The zero-order chi connectivity index (χ0) is 13.4. The van der Waals surface area contributed by atoms with Crippen molar-refractivity contribution in [2.75, 3.05) is 32.6 Å². The summed E-state index contributed by atoms with van der Waals surface area (Å²) in [5, 5.41) is 6.85. The molecule has 0 aromatic heterocycles. The van der Waals surface area contributed by atoms with Crippen molar-refractivity contribution in [1.29, 1.82) is 0 Å². The summed E-state index contributed by atoms with van der Waals surface area (Å²) in [6.07, 6.45) is 0. The number of carbonyl (C=O) groups excluding carboxylic acids is 2. The highest BCUT2D eigenvalue weighted by Gasteiger charge is 2.06. The van der Waals surface area contributed by atoms with Crippen LogP contribution in [0.5, 0.6) is 5.75 Å². The smallest absolute Gasteiger partial charge is 0.279 e. The van der Waals surface area contributed by atoms with Gasteiger partial charge in [0, 0.05) is 12.7 Å². The Morgan fingerprint density at radius 2 is 1.78 bits per heavy atom. The first-order valence-corrected chi connectivity index (χ1v) is 5.62. The molecule has 0 aliphatic heterocycles. The van der Waals surface area contributed by atoms with Gasteiger partial charge >= 0.3 is 0 Å². The molecule has 98 valence electrons. The summed E-state index contributed by atoms with van der Waals surface area (Å²) in [6, 6.07) is 7.05. The van der Waals surface area contributed by atoms with Crippen LogP contribution in [0.2, 0.25) is 0 Å². The number of nitrogens with one attached hydrogen (secondary N) is 2. The summed E-state index contributed by atoms with van der Waals surface area (Å²) in [4.78, 5) is 22.5. The molecule has 1 rings (SSSR count). The number of anilines is 1. The number of carbonyl (C=O) groups is 2. The van der Waals surface area contributed by atoms with Gasteiger partial charge in [-0.2, -0.15) is 0 Å².